The largest absolute Gasteiger partial charge is 0.450 e. The minimum atomic E-state index is -0.662. The van der Waals surface area contributed by atoms with Crippen molar-refractivity contribution >= 4 is 28.5 Å². The second kappa shape index (κ2) is 7.36. The van der Waals surface area contributed by atoms with Crippen molar-refractivity contribution in [3.8, 4) is 0 Å². The van der Waals surface area contributed by atoms with E-state index in [4.69, 9.17) is 16.0 Å². The molecular formula is C25H17ClFNO3. The standard InChI is InChI=1S/C25H17ClFNO3/c1-14-2-4-15(5-3-14)13-28-22(16-6-8-17(26)9-7-16)21-23(29)19-12-18(27)10-11-20(19)31-24(21)25(28)30/h2-12,22H,13H2,1H3. The molecule has 1 aliphatic rings. The van der Waals surface area contributed by atoms with E-state index in [0.29, 0.717) is 11.6 Å². The van der Waals surface area contributed by atoms with Crippen LogP contribution < -0.4 is 5.43 Å². The molecule has 0 spiro atoms. The number of halogens is 2. The highest BCUT2D eigenvalue weighted by molar-refractivity contribution is 6.30. The second-order valence-electron chi connectivity index (χ2n) is 7.69. The normalized spacial score (nSPS) is 15.5. The molecule has 0 bridgehead atoms. The zero-order valence-corrected chi connectivity index (χ0v) is 17.3. The molecule has 0 N–H and O–H groups in total. The Labute approximate surface area is 182 Å². The van der Waals surface area contributed by atoms with Gasteiger partial charge in [-0.1, -0.05) is 53.6 Å². The summed E-state index contributed by atoms with van der Waals surface area (Å²) in [6, 6.07) is 17.9. The molecule has 154 valence electrons. The Hall–Kier alpha value is -3.44. The first kappa shape index (κ1) is 19.5. The summed E-state index contributed by atoms with van der Waals surface area (Å²) < 4.78 is 19.7. The fourth-order valence-electron chi connectivity index (χ4n) is 4.04. The number of amides is 1. The van der Waals surface area contributed by atoms with Crippen LogP contribution in [-0.2, 0) is 6.54 Å². The highest BCUT2D eigenvalue weighted by Gasteiger charge is 2.42. The van der Waals surface area contributed by atoms with Gasteiger partial charge in [0.2, 0.25) is 5.76 Å². The molecule has 4 nitrogen and oxygen atoms in total. The number of fused-ring (bicyclic) bond motifs is 2. The SMILES string of the molecule is Cc1ccc(CN2C(=O)c3oc4ccc(F)cc4c(=O)c3C2c2ccc(Cl)cc2)cc1. The summed E-state index contributed by atoms with van der Waals surface area (Å²) in [5.41, 5.74) is 2.76. The van der Waals surface area contributed by atoms with E-state index in [2.05, 4.69) is 0 Å². The summed E-state index contributed by atoms with van der Waals surface area (Å²) in [6.07, 6.45) is 0. The van der Waals surface area contributed by atoms with Crippen LogP contribution in [0, 0.1) is 12.7 Å². The third-order valence-corrected chi connectivity index (χ3v) is 5.84. The molecule has 1 aliphatic heterocycles. The van der Waals surface area contributed by atoms with Crippen molar-refractivity contribution in [2.45, 2.75) is 19.5 Å². The van der Waals surface area contributed by atoms with Gasteiger partial charge in [0.25, 0.3) is 5.91 Å². The molecule has 5 rings (SSSR count). The summed E-state index contributed by atoms with van der Waals surface area (Å²) in [5, 5.41) is 0.661. The molecule has 0 fully saturated rings. The van der Waals surface area contributed by atoms with E-state index in [0.717, 1.165) is 22.8 Å². The lowest BCUT2D eigenvalue weighted by Gasteiger charge is -2.25. The zero-order valence-electron chi connectivity index (χ0n) is 16.6. The van der Waals surface area contributed by atoms with Gasteiger partial charge in [0.15, 0.2) is 5.43 Å². The molecule has 6 heteroatoms. The van der Waals surface area contributed by atoms with Gasteiger partial charge in [0, 0.05) is 11.6 Å². The first-order chi connectivity index (χ1) is 14.9. The number of nitrogens with zero attached hydrogens (tertiary/aromatic N) is 1. The van der Waals surface area contributed by atoms with Gasteiger partial charge in [-0.25, -0.2) is 4.39 Å². The molecule has 1 aromatic heterocycles. The molecule has 0 saturated heterocycles. The van der Waals surface area contributed by atoms with Crippen LogP contribution in [0.1, 0.15) is 38.9 Å². The van der Waals surface area contributed by atoms with Crippen LogP contribution in [-0.4, -0.2) is 10.8 Å². The van der Waals surface area contributed by atoms with E-state index in [1.54, 1.807) is 29.2 Å². The maximum Gasteiger partial charge on any atom is 0.291 e. The van der Waals surface area contributed by atoms with Gasteiger partial charge in [0.05, 0.1) is 17.0 Å². The summed E-state index contributed by atoms with van der Waals surface area (Å²) in [4.78, 5) is 28.4. The molecule has 3 aromatic carbocycles. The van der Waals surface area contributed by atoms with Crippen LogP contribution in [0.5, 0.6) is 0 Å². The summed E-state index contributed by atoms with van der Waals surface area (Å²) >= 11 is 6.05. The van der Waals surface area contributed by atoms with Crippen LogP contribution in [0.2, 0.25) is 5.02 Å². The maximum atomic E-state index is 13.8. The van der Waals surface area contributed by atoms with Crippen molar-refractivity contribution in [3.63, 3.8) is 0 Å². The Kier molecular flexibility index (Phi) is 4.63. The summed E-state index contributed by atoms with van der Waals surface area (Å²) in [7, 11) is 0. The van der Waals surface area contributed by atoms with Crippen LogP contribution in [0.25, 0.3) is 11.0 Å². The van der Waals surface area contributed by atoms with E-state index in [9.17, 15) is 14.0 Å². The zero-order chi connectivity index (χ0) is 21.7. The number of carbonyl (C=O) groups excluding carboxylic acids is 1. The molecule has 31 heavy (non-hydrogen) atoms. The van der Waals surface area contributed by atoms with Crippen molar-refractivity contribution in [2.75, 3.05) is 0 Å². The molecule has 0 radical (unpaired) electrons. The van der Waals surface area contributed by atoms with Gasteiger partial charge in [-0.05, 0) is 48.4 Å². The predicted molar refractivity (Wildman–Crippen MR) is 117 cm³/mol. The lowest BCUT2D eigenvalue weighted by molar-refractivity contribution is 0.0714. The molecule has 0 aliphatic carbocycles. The average molecular weight is 434 g/mol. The average Bonchev–Trinajstić information content (AvgIpc) is 3.03. The first-order valence-electron chi connectivity index (χ1n) is 9.80. The number of benzene rings is 3. The highest BCUT2D eigenvalue weighted by atomic mass is 35.5. The van der Waals surface area contributed by atoms with E-state index < -0.39 is 17.3 Å². The van der Waals surface area contributed by atoms with Gasteiger partial charge >= 0.3 is 0 Å². The maximum absolute atomic E-state index is 13.8. The molecule has 0 saturated carbocycles. The number of rotatable bonds is 3. The monoisotopic (exact) mass is 433 g/mol. The number of hydrogen-bond donors (Lipinski definition) is 0. The smallest absolute Gasteiger partial charge is 0.291 e. The molecular weight excluding hydrogens is 417 g/mol. The van der Waals surface area contributed by atoms with Gasteiger partial charge in [-0.15, -0.1) is 0 Å². The summed E-state index contributed by atoms with van der Waals surface area (Å²) in [5.74, 6) is -0.918. The number of carbonyl (C=O) groups is 1. The minimum absolute atomic E-state index is 0.00355. The van der Waals surface area contributed by atoms with Crippen molar-refractivity contribution in [1.82, 2.24) is 4.90 Å². The van der Waals surface area contributed by atoms with Crippen molar-refractivity contribution in [1.29, 1.82) is 0 Å². The van der Waals surface area contributed by atoms with E-state index in [-0.39, 0.29) is 28.2 Å². The molecule has 1 amide bonds. The lowest BCUT2D eigenvalue weighted by Crippen LogP contribution is -2.29. The fraction of sp³-hybridized carbons (Fsp3) is 0.120. The molecule has 2 heterocycles. The molecule has 1 atom stereocenters. The van der Waals surface area contributed by atoms with Gasteiger partial charge < -0.3 is 9.32 Å². The fourth-order valence-corrected chi connectivity index (χ4v) is 4.16. The quantitative estimate of drug-likeness (QED) is 0.420. The van der Waals surface area contributed by atoms with Gasteiger partial charge in [0.1, 0.15) is 11.4 Å². The number of aryl methyl sites for hydroxylation is 1. The van der Waals surface area contributed by atoms with Crippen molar-refractivity contribution in [3.05, 3.63) is 116 Å². The van der Waals surface area contributed by atoms with Crippen LogP contribution in [0.15, 0.2) is 75.9 Å². The van der Waals surface area contributed by atoms with Crippen LogP contribution in [0.3, 0.4) is 0 Å². The van der Waals surface area contributed by atoms with E-state index in [1.165, 1.54) is 12.1 Å². The Morgan fingerprint density at radius 2 is 1.71 bits per heavy atom. The Bertz CT molecular complexity index is 1380. The molecule has 4 aromatic rings. The van der Waals surface area contributed by atoms with Gasteiger partial charge in [-0.2, -0.15) is 0 Å². The van der Waals surface area contributed by atoms with Crippen LogP contribution >= 0.6 is 11.6 Å². The van der Waals surface area contributed by atoms with Crippen LogP contribution in [0.4, 0.5) is 4.39 Å². The molecule has 1 unspecified atom stereocenters. The van der Waals surface area contributed by atoms with E-state index in [1.807, 2.05) is 31.2 Å². The van der Waals surface area contributed by atoms with Crippen molar-refractivity contribution in [2.24, 2.45) is 0 Å². The lowest BCUT2D eigenvalue weighted by atomic mass is 9.98. The Balaban J connectivity index is 1.72. The minimum Gasteiger partial charge on any atom is -0.450 e. The number of hydrogen-bond acceptors (Lipinski definition) is 3. The first-order valence-corrected chi connectivity index (χ1v) is 10.2. The summed E-state index contributed by atoms with van der Waals surface area (Å²) in [6.45, 7) is 2.28. The Morgan fingerprint density at radius 3 is 2.42 bits per heavy atom. The third-order valence-electron chi connectivity index (χ3n) is 5.59. The highest BCUT2D eigenvalue weighted by Crippen LogP contribution is 2.39. The Morgan fingerprint density at radius 1 is 1.00 bits per heavy atom. The van der Waals surface area contributed by atoms with Crippen molar-refractivity contribution < 1.29 is 13.6 Å². The van der Waals surface area contributed by atoms with Gasteiger partial charge in [-0.3, -0.25) is 9.59 Å². The predicted octanol–water partition coefficient (Wildman–Crippen LogP) is 5.64. The second-order valence-corrected chi connectivity index (χ2v) is 8.12. The topological polar surface area (TPSA) is 50.5 Å². The third kappa shape index (κ3) is 3.31. The van der Waals surface area contributed by atoms with E-state index >= 15 is 0 Å².